The van der Waals surface area contributed by atoms with E-state index < -0.39 is 12.2 Å². The maximum Gasteiger partial charge on any atom is 0.410 e. The van der Waals surface area contributed by atoms with Crippen molar-refractivity contribution >= 4 is 17.0 Å². The Bertz CT molecular complexity index is 941. The fraction of sp³-hybridized carbons (Fsp3) is 0.286. The number of likely N-dealkylation sites (tertiary alicyclic amines) is 1. The highest BCUT2D eigenvalue weighted by molar-refractivity contribution is 5.83. The van der Waals surface area contributed by atoms with Crippen LogP contribution < -0.4 is 0 Å². The first kappa shape index (κ1) is 17.5. The SMILES string of the molecule is O=C(OCc1ccccc1)N1CC(O)C[C@H]1Cc1c[nH]c2cc(F)ccc12. The number of fused-ring (bicyclic) bond motifs is 1. The lowest BCUT2D eigenvalue weighted by molar-refractivity contribution is 0.0877. The van der Waals surface area contributed by atoms with Crippen molar-refractivity contribution in [3.05, 3.63) is 71.7 Å². The number of amides is 1. The molecule has 0 bridgehead atoms. The van der Waals surface area contributed by atoms with E-state index in [1.165, 1.54) is 12.1 Å². The number of halogens is 1. The topological polar surface area (TPSA) is 65.6 Å². The molecule has 27 heavy (non-hydrogen) atoms. The number of aliphatic hydroxyl groups excluding tert-OH is 1. The molecule has 1 aliphatic rings. The minimum Gasteiger partial charge on any atom is -0.445 e. The van der Waals surface area contributed by atoms with Crippen LogP contribution in [0.25, 0.3) is 10.9 Å². The van der Waals surface area contributed by atoms with Crippen LogP contribution in [0.1, 0.15) is 17.5 Å². The normalized spacial score (nSPS) is 19.6. The number of H-pyrrole nitrogens is 1. The minimum atomic E-state index is -0.568. The molecule has 0 radical (unpaired) electrons. The summed E-state index contributed by atoms with van der Waals surface area (Å²) in [6.07, 6.45) is 1.91. The maximum absolute atomic E-state index is 13.4. The Morgan fingerprint density at radius 2 is 2.07 bits per heavy atom. The molecule has 1 fully saturated rings. The Morgan fingerprint density at radius 3 is 2.89 bits per heavy atom. The number of aromatic amines is 1. The van der Waals surface area contributed by atoms with E-state index in [9.17, 15) is 14.3 Å². The van der Waals surface area contributed by atoms with Crippen LogP contribution in [0, 0.1) is 5.82 Å². The van der Waals surface area contributed by atoms with Crippen LogP contribution in [0.3, 0.4) is 0 Å². The van der Waals surface area contributed by atoms with Gasteiger partial charge in [-0.1, -0.05) is 30.3 Å². The van der Waals surface area contributed by atoms with Crippen LogP contribution in [0.15, 0.2) is 54.7 Å². The smallest absolute Gasteiger partial charge is 0.410 e. The molecular weight excluding hydrogens is 347 g/mol. The van der Waals surface area contributed by atoms with Crippen LogP contribution in [0.5, 0.6) is 0 Å². The van der Waals surface area contributed by atoms with Gasteiger partial charge in [-0.3, -0.25) is 0 Å². The van der Waals surface area contributed by atoms with Gasteiger partial charge in [-0.05, 0) is 42.2 Å². The molecule has 140 valence electrons. The molecule has 2 atom stereocenters. The van der Waals surface area contributed by atoms with Crippen LogP contribution in [0.4, 0.5) is 9.18 Å². The summed E-state index contributed by atoms with van der Waals surface area (Å²) in [7, 11) is 0. The molecule has 3 aromatic rings. The average molecular weight is 368 g/mol. The van der Waals surface area contributed by atoms with Crippen LogP contribution in [0.2, 0.25) is 0 Å². The summed E-state index contributed by atoms with van der Waals surface area (Å²) in [5.41, 5.74) is 2.63. The Hall–Kier alpha value is -2.86. The summed E-state index contributed by atoms with van der Waals surface area (Å²) in [6.45, 7) is 0.459. The van der Waals surface area contributed by atoms with Crippen LogP contribution >= 0.6 is 0 Å². The Kier molecular flexibility index (Phi) is 4.81. The van der Waals surface area contributed by atoms with Gasteiger partial charge in [-0.25, -0.2) is 9.18 Å². The van der Waals surface area contributed by atoms with Crippen LogP contribution in [-0.2, 0) is 17.8 Å². The number of β-amino-alcohol motifs (C(OH)–C–C–N with tert-alkyl or cyclic N) is 1. The van der Waals surface area contributed by atoms with Crippen molar-refractivity contribution in [1.82, 2.24) is 9.88 Å². The second-order valence-corrected chi connectivity index (χ2v) is 6.94. The van der Waals surface area contributed by atoms with Crippen molar-refractivity contribution < 1.29 is 19.0 Å². The van der Waals surface area contributed by atoms with Gasteiger partial charge in [0.15, 0.2) is 0 Å². The summed E-state index contributed by atoms with van der Waals surface area (Å²) in [5.74, 6) is -0.293. The molecule has 0 saturated carbocycles. The van der Waals surface area contributed by atoms with Gasteiger partial charge in [0, 0.05) is 23.1 Å². The van der Waals surface area contributed by atoms with Crippen molar-refractivity contribution in [3.8, 4) is 0 Å². The standard InChI is InChI=1S/C21H21FN2O3/c22-16-6-7-19-15(11-23-20(19)9-16)8-17-10-18(25)12-24(17)21(26)27-13-14-4-2-1-3-5-14/h1-7,9,11,17-18,23,25H,8,10,12-13H2/t17-,18?/m1/s1. The van der Waals surface area contributed by atoms with Gasteiger partial charge in [-0.2, -0.15) is 0 Å². The lowest BCUT2D eigenvalue weighted by Gasteiger charge is -2.23. The highest BCUT2D eigenvalue weighted by Crippen LogP contribution is 2.27. The predicted octanol–water partition coefficient (Wildman–Crippen LogP) is 3.62. The zero-order valence-corrected chi connectivity index (χ0v) is 14.8. The number of rotatable bonds is 4. The Labute approximate surface area is 156 Å². The lowest BCUT2D eigenvalue weighted by atomic mass is 10.0. The number of aromatic nitrogens is 1. The molecule has 0 aliphatic carbocycles. The number of carbonyl (C=O) groups is 1. The number of aliphatic hydroxyl groups is 1. The van der Waals surface area contributed by atoms with E-state index in [0.717, 1.165) is 22.0 Å². The molecule has 1 aliphatic heterocycles. The van der Waals surface area contributed by atoms with E-state index in [2.05, 4.69) is 4.98 Å². The first-order valence-electron chi connectivity index (χ1n) is 9.01. The number of nitrogens with one attached hydrogen (secondary N) is 1. The summed E-state index contributed by atoms with van der Waals surface area (Å²) in [4.78, 5) is 17.2. The van der Waals surface area contributed by atoms with E-state index in [1.807, 2.05) is 36.5 Å². The van der Waals surface area contributed by atoms with Crippen molar-refractivity contribution in [2.75, 3.05) is 6.54 Å². The van der Waals surface area contributed by atoms with Crippen molar-refractivity contribution in [2.45, 2.75) is 31.6 Å². The number of hydrogen-bond acceptors (Lipinski definition) is 3. The van der Waals surface area contributed by atoms with Gasteiger partial charge in [0.05, 0.1) is 12.6 Å². The van der Waals surface area contributed by atoms with Crippen molar-refractivity contribution in [1.29, 1.82) is 0 Å². The fourth-order valence-corrected chi connectivity index (χ4v) is 3.69. The minimum absolute atomic E-state index is 0.160. The molecule has 1 aromatic heterocycles. The van der Waals surface area contributed by atoms with E-state index >= 15 is 0 Å². The van der Waals surface area contributed by atoms with Crippen molar-refractivity contribution in [3.63, 3.8) is 0 Å². The molecule has 2 aromatic carbocycles. The molecule has 2 heterocycles. The summed E-state index contributed by atoms with van der Waals surface area (Å²) in [6, 6.07) is 13.9. The lowest BCUT2D eigenvalue weighted by Crippen LogP contribution is -2.37. The van der Waals surface area contributed by atoms with Gasteiger partial charge >= 0.3 is 6.09 Å². The maximum atomic E-state index is 13.4. The third kappa shape index (κ3) is 3.80. The Morgan fingerprint density at radius 1 is 1.26 bits per heavy atom. The number of nitrogens with zero attached hydrogens (tertiary/aromatic N) is 1. The highest BCUT2D eigenvalue weighted by atomic mass is 19.1. The first-order chi connectivity index (χ1) is 13.1. The number of benzene rings is 2. The molecule has 2 N–H and O–H groups in total. The quantitative estimate of drug-likeness (QED) is 0.739. The van der Waals surface area contributed by atoms with E-state index in [1.54, 1.807) is 11.0 Å². The third-order valence-electron chi connectivity index (χ3n) is 5.02. The van der Waals surface area contributed by atoms with E-state index in [4.69, 9.17) is 4.74 Å². The molecule has 1 amide bonds. The summed E-state index contributed by atoms with van der Waals surface area (Å²) < 4.78 is 18.8. The van der Waals surface area contributed by atoms with Gasteiger partial charge in [0.1, 0.15) is 12.4 Å². The Balaban J connectivity index is 1.46. The fourth-order valence-electron chi connectivity index (χ4n) is 3.69. The monoisotopic (exact) mass is 368 g/mol. The largest absolute Gasteiger partial charge is 0.445 e. The summed E-state index contributed by atoms with van der Waals surface area (Å²) >= 11 is 0. The zero-order valence-electron chi connectivity index (χ0n) is 14.8. The van der Waals surface area contributed by atoms with Gasteiger partial charge in [-0.15, -0.1) is 0 Å². The average Bonchev–Trinajstić information content (AvgIpc) is 3.24. The third-order valence-corrected chi connectivity index (χ3v) is 5.02. The molecule has 0 spiro atoms. The van der Waals surface area contributed by atoms with Gasteiger partial charge < -0.3 is 19.7 Å². The molecule has 4 rings (SSSR count). The first-order valence-corrected chi connectivity index (χ1v) is 9.01. The molecule has 5 nitrogen and oxygen atoms in total. The molecule has 6 heteroatoms. The second-order valence-electron chi connectivity index (χ2n) is 6.94. The van der Waals surface area contributed by atoms with Gasteiger partial charge in [0.2, 0.25) is 0 Å². The van der Waals surface area contributed by atoms with Crippen LogP contribution in [-0.4, -0.2) is 39.8 Å². The zero-order chi connectivity index (χ0) is 18.8. The number of carbonyl (C=O) groups excluding carboxylic acids is 1. The predicted molar refractivity (Wildman–Crippen MR) is 99.7 cm³/mol. The van der Waals surface area contributed by atoms with Crippen molar-refractivity contribution in [2.24, 2.45) is 0 Å². The highest BCUT2D eigenvalue weighted by Gasteiger charge is 2.35. The molecular formula is C21H21FN2O3. The molecule has 1 unspecified atom stereocenters. The van der Waals surface area contributed by atoms with Gasteiger partial charge in [0.25, 0.3) is 0 Å². The van der Waals surface area contributed by atoms with E-state index in [0.29, 0.717) is 12.8 Å². The summed E-state index contributed by atoms with van der Waals surface area (Å²) in [5, 5.41) is 11.0. The molecule has 1 saturated heterocycles. The number of ether oxygens (including phenoxy) is 1. The second kappa shape index (κ2) is 7.40. The van der Waals surface area contributed by atoms with E-state index in [-0.39, 0.29) is 25.0 Å². The number of hydrogen-bond donors (Lipinski definition) is 2.